The van der Waals surface area contributed by atoms with Gasteiger partial charge in [-0.2, -0.15) is 0 Å². The Labute approximate surface area is 74.3 Å². The summed E-state index contributed by atoms with van der Waals surface area (Å²) in [6, 6.07) is 0. The van der Waals surface area contributed by atoms with Crippen LogP contribution >= 0.6 is 7.82 Å². The van der Waals surface area contributed by atoms with E-state index in [2.05, 4.69) is 31.8 Å². The van der Waals surface area contributed by atoms with Crippen LogP contribution in [0, 0.1) is 0 Å². The molecule has 72 valence electrons. The van der Waals surface area contributed by atoms with Crippen molar-refractivity contribution in [1.29, 1.82) is 0 Å². The van der Waals surface area contributed by atoms with Gasteiger partial charge >= 0.3 is 13.8 Å². The molecule has 0 unspecified atom stereocenters. The SMILES string of the molecule is C=CC(=O)OOP1(=O)OC(C=C)O1. The number of hydrogen-bond donors (Lipinski definition) is 0. The van der Waals surface area contributed by atoms with Crippen molar-refractivity contribution in [2.45, 2.75) is 6.29 Å². The van der Waals surface area contributed by atoms with Gasteiger partial charge in [0.2, 0.25) is 0 Å². The van der Waals surface area contributed by atoms with Crippen LogP contribution in [0.1, 0.15) is 0 Å². The lowest BCUT2D eigenvalue weighted by molar-refractivity contribution is -0.242. The van der Waals surface area contributed by atoms with Crippen molar-refractivity contribution in [1.82, 2.24) is 0 Å². The van der Waals surface area contributed by atoms with Crippen molar-refractivity contribution in [2.75, 3.05) is 0 Å². The normalized spacial score (nSPS) is 31.5. The predicted octanol–water partition coefficient (Wildman–Crippen LogP) is 1.31. The zero-order valence-electron chi connectivity index (χ0n) is 6.54. The van der Waals surface area contributed by atoms with E-state index in [4.69, 9.17) is 0 Å². The third-order valence-corrected chi connectivity index (χ3v) is 2.22. The lowest BCUT2D eigenvalue weighted by Gasteiger charge is -2.29. The summed E-state index contributed by atoms with van der Waals surface area (Å²) >= 11 is 0. The number of hydrogen-bond acceptors (Lipinski definition) is 6. The molecule has 6 nitrogen and oxygen atoms in total. The third-order valence-electron chi connectivity index (χ3n) is 1.04. The second-order valence-electron chi connectivity index (χ2n) is 1.94. The summed E-state index contributed by atoms with van der Waals surface area (Å²) in [6.45, 7) is 6.40. The predicted molar refractivity (Wildman–Crippen MR) is 41.1 cm³/mol. The van der Waals surface area contributed by atoms with Gasteiger partial charge in [0.15, 0.2) is 6.29 Å². The lowest BCUT2D eigenvalue weighted by atomic mass is 10.6. The van der Waals surface area contributed by atoms with Crippen LogP contribution in [0.15, 0.2) is 25.3 Å². The van der Waals surface area contributed by atoms with Crippen LogP contribution in [0.25, 0.3) is 0 Å². The van der Waals surface area contributed by atoms with Gasteiger partial charge < -0.3 is 0 Å². The lowest BCUT2D eigenvalue weighted by Crippen LogP contribution is -2.24. The molecule has 0 saturated carbocycles. The average Bonchev–Trinajstić information content (AvgIpc) is 2.09. The first-order chi connectivity index (χ1) is 6.09. The molecule has 0 aliphatic carbocycles. The molecule has 0 aromatic heterocycles. The summed E-state index contributed by atoms with van der Waals surface area (Å²) in [4.78, 5) is 14.4. The summed E-state index contributed by atoms with van der Waals surface area (Å²) in [6.07, 6.45) is 1.33. The standard InChI is InChI=1S/C6H7O6P/c1-3-5(7)9-12-13(8)10-6(4-2)11-13/h3-4,6H,1-2H2. The van der Waals surface area contributed by atoms with Gasteiger partial charge in [-0.15, -0.1) is 0 Å². The largest absolute Gasteiger partial charge is 0.516 e. The van der Waals surface area contributed by atoms with E-state index in [-0.39, 0.29) is 0 Å². The van der Waals surface area contributed by atoms with Crippen molar-refractivity contribution in [3.63, 3.8) is 0 Å². The molecule has 0 aromatic rings. The van der Waals surface area contributed by atoms with Crippen LogP contribution in [-0.2, 0) is 28.0 Å². The van der Waals surface area contributed by atoms with Crippen molar-refractivity contribution in [3.05, 3.63) is 25.3 Å². The number of phosphoric acid groups is 1. The van der Waals surface area contributed by atoms with E-state index < -0.39 is 20.1 Å². The van der Waals surface area contributed by atoms with E-state index in [0.717, 1.165) is 6.08 Å². The minimum atomic E-state index is -3.69. The number of rotatable bonds is 4. The highest BCUT2D eigenvalue weighted by atomic mass is 31.2. The number of phosphoric ester groups is 1. The van der Waals surface area contributed by atoms with Crippen LogP contribution in [0.4, 0.5) is 0 Å². The third kappa shape index (κ3) is 2.50. The molecule has 0 atom stereocenters. The summed E-state index contributed by atoms with van der Waals surface area (Å²) < 4.78 is 24.2. The summed E-state index contributed by atoms with van der Waals surface area (Å²) in [5, 5.41) is 0. The monoisotopic (exact) mass is 206 g/mol. The van der Waals surface area contributed by atoms with E-state index in [0.29, 0.717) is 0 Å². The summed E-state index contributed by atoms with van der Waals surface area (Å²) in [5.74, 6) is -0.885. The average molecular weight is 206 g/mol. The van der Waals surface area contributed by atoms with Gasteiger partial charge in [0.25, 0.3) is 0 Å². The van der Waals surface area contributed by atoms with Crippen LogP contribution in [0.3, 0.4) is 0 Å². The molecule has 1 aliphatic heterocycles. The van der Waals surface area contributed by atoms with Crippen LogP contribution < -0.4 is 0 Å². The van der Waals surface area contributed by atoms with Crippen molar-refractivity contribution in [2.24, 2.45) is 0 Å². The minimum absolute atomic E-state index is 0.784. The van der Waals surface area contributed by atoms with Gasteiger partial charge in [-0.25, -0.2) is 18.4 Å². The van der Waals surface area contributed by atoms with E-state index in [1.807, 2.05) is 0 Å². The minimum Gasteiger partial charge on any atom is -0.283 e. The Hall–Kier alpha value is -0.940. The van der Waals surface area contributed by atoms with E-state index in [1.165, 1.54) is 6.08 Å². The maximum Gasteiger partial charge on any atom is 0.516 e. The molecule has 0 amide bonds. The van der Waals surface area contributed by atoms with E-state index in [1.54, 1.807) is 0 Å². The molecule has 0 spiro atoms. The Balaban J connectivity index is 2.31. The first-order valence-electron chi connectivity index (χ1n) is 3.22. The van der Waals surface area contributed by atoms with Crippen LogP contribution in [-0.4, -0.2) is 12.3 Å². The summed E-state index contributed by atoms with van der Waals surface area (Å²) in [7, 11) is -3.69. The highest BCUT2D eigenvalue weighted by Gasteiger charge is 2.45. The second-order valence-corrected chi connectivity index (χ2v) is 3.41. The van der Waals surface area contributed by atoms with Crippen LogP contribution in [0.5, 0.6) is 0 Å². The topological polar surface area (TPSA) is 71.1 Å². The molecule has 1 aliphatic rings. The molecular formula is C6H7O6P. The molecule has 0 N–H and O–H groups in total. The molecule has 0 radical (unpaired) electrons. The van der Waals surface area contributed by atoms with Gasteiger partial charge in [0, 0.05) is 6.08 Å². The highest BCUT2D eigenvalue weighted by Crippen LogP contribution is 2.60. The van der Waals surface area contributed by atoms with Gasteiger partial charge in [-0.3, -0.25) is 4.89 Å². The molecule has 0 bridgehead atoms. The zero-order chi connectivity index (χ0) is 9.90. The molecule has 7 heteroatoms. The number of carbonyl (C=O) groups excluding carboxylic acids is 1. The molecular weight excluding hydrogens is 199 g/mol. The summed E-state index contributed by atoms with van der Waals surface area (Å²) in [5.41, 5.74) is 0. The smallest absolute Gasteiger partial charge is 0.283 e. The first kappa shape index (κ1) is 10.1. The molecule has 1 fully saturated rings. The van der Waals surface area contributed by atoms with E-state index in [9.17, 15) is 9.36 Å². The van der Waals surface area contributed by atoms with Gasteiger partial charge in [0.1, 0.15) is 0 Å². The Morgan fingerprint density at radius 2 is 2.08 bits per heavy atom. The highest BCUT2D eigenvalue weighted by molar-refractivity contribution is 7.49. The maximum absolute atomic E-state index is 11.0. The fourth-order valence-corrected chi connectivity index (χ4v) is 1.43. The van der Waals surface area contributed by atoms with Crippen LogP contribution in [0.2, 0.25) is 0 Å². The number of carbonyl (C=O) groups is 1. The molecule has 0 aromatic carbocycles. The van der Waals surface area contributed by atoms with Crippen molar-refractivity contribution < 1.29 is 28.0 Å². The van der Waals surface area contributed by atoms with E-state index >= 15 is 0 Å². The van der Waals surface area contributed by atoms with Crippen molar-refractivity contribution in [3.8, 4) is 0 Å². The first-order valence-corrected chi connectivity index (χ1v) is 4.68. The van der Waals surface area contributed by atoms with Crippen molar-refractivity contribution >= 4 is 13.8 Å². The molecule has 1 saturated heterocycles. The Morgan fingerprint density at radius 1 is 1.46 bits per heavy atom. The van der Waals surface area contributed by atoms with Gasteiger partial charge in [0.05, 0.1) is 0 Å². The zero-order valence-corrected chi connectivity index (χ0v) is 7.44. The second kappa shape index (κ2) is 3.85. The van der Waals surface area contributed by atoms with Gasteiger partial charge in [-0.05, 0) is 6.08 Å². The maximum atomic E-state index is 11.0. The molecule has 1 heterocycles. The fourth-order valence-electron chi connectivity index (χ4n) is 0.500. The Bertz CT molecular complexity index is 275. The molecule has 1 rings (SSSR count). The molecule has 13 heavy (non-hydrogen) atoms. The Morgan fingerprint density at radius 3 is 2.54 bits per heavy atom. The quantitative estimate of drug-likeness (QED) is 0.227. The Kier molecular flexibility index (Phi) is 3.00. The van der Waals surface area contributed by atoms with Gasteiger partial charge in [-0.1, -0.05) is 17.8 Å². The fraction of sp³-hybridized carbons (Fsp3) is 0.167.